The van der Waals surface area contributed by atoms with Crippen molar-refractivity contribution in [2.75, 3.05) is 4.90 Å². The van der Waals surface area contributed by atoms with Gasteiger partial charge in [0.25, 0.3) is 5.82 Å². The maximum absolute atomic E-state index is 12.9. The van der Waals surface area contributed by atoms with Crippen LogP contribution in [0.25, 0.3) is 0 Å². The van der Waals surface area contributed by atoms with Gasteiger partial charge in [-0.1, -0.05) is 36.4 Å². The summed E-state index contributed by atoms with van der Waals surface area (Å²) < 4.78 is 1.53. The van der Waals surface area contributed by atoms with E-state index in [-0.39, 0.29) is 18.7 Å². The van der Waals surface area contributed by atoms with Gasteiger partial charge in [0, 0.05) is 18.7 Å². The minimum atomic E-state index is -1.18. The van der Waals surface area contributed by atoms with Crippen LogP contribution >= 0.6 is 0 Å². The molecule has 2 atom stereocenters. The first-order valence-corrected chi connectivity index (χ1v) is 7.60. The van der Waals surface area contributed by atoms with Crippen molar-refractivity contribution in [2.45, 2.75) is 25.6 Å². The molecule has 1 aromatic heterocycles. The van der Waals surface area contributed by atoms with Crippen molar-refractivity contribution in [3.8, 4) is 6.07 Å². The number of fused-ring (bicyclic) bond motifs is 1. The first kappa shape index (κ1) is 15.2. The van der Waals surface area contributed by atoms with E-state index in [4.69, 9.17) is 5.26 Å². The fourth-order valence-electron chi connectivity index (χ4n) is 2.94. The summed E-state index contributed by atoms with van der Waals surface area (Å²) in [6.45, 7) is 0.440. The predicted molar refractivity (Wildman–Crippen MR) is 82.0 cm³/mol. The zero-order valence-electron chi connectivity index (χ0n) is 12.6. The fourth-order valence-corrected chi connectivity index (χ4v) is 2.94. The SMILES string of the molecule is N#CCCC1C(=O)[n+]2ccccc2N(Cc2ccccc2)C1[O-]. The van der Waals surface area contributed by atoms with Crippen LogP contribution in [0.5, 0.6) is 0 Å². The number of hydrogen-bond donors (Lipinski definition) is 0. The van der Waals surface area contributed by atoms with Crippen molar-refractivity contribution in [1.29, 1.82) is 5.26 Å². The third kappa shape index (κ3) is 2.94. The lowest BCUT2D eigenvalue weighted by Crippen LogP contribution is -2.66. The molecule has 116 valence electrons. The highest BCUT2D eigenvalue weighted by molar-refractivity contribution is 5.74. The topological polar surface area (TPSA) is 71.0 Å². The van der Waals surface area contributed by atoms with E-state index in [0.717, 1.165) is 5.56 Å². The van der Waals surface area contributed by atoms with E-state index in [9.17, 15) is 9.90 Å². The maximum atomic E-state index is 12.9. The molecule has 0 aliphatic carbocycles. The molecule has 1 aromatic carbocycles. The largest absolute Gasteiger partial charge is 0.817 e. The first-order chi connectivity index (χ1) is 11.2. The van der Waals surface area contributed by atoms with Gasteiger partial charge in [-0.15, -0.1) is 0 Å². The standard InChI is InChI=1S/C18H17N3O2/c19-11-6-9-15-17(22)20-12-5-4-10-16(20)21(18(15)23)13-14-7-2-1-3-8-14/h1-5,7-8,10,12,15,18H,6,9,13H2. The Bertz CT molecular complexity index is 739. The minimum Gasteiger partial charge on any atom is -0.817 e. The summed E-state index contributed by atoms with van der Waals surface area (Å²) in [5.41, 5.74) is 1.01. The van der Waals surface area contributed by atoms with Gasteiger partial charge in [0.1, 0.15) is 6.54 Å². The number of nitrogens with zero attached hydrogens (tertiary/aromatic N) is 3. The number of carbonyl (C=O) groups is 1. The van der Waals surface area contributed by atoms with E-state index >= 15 is 0 Å². The van der Waals surface area contributed by atoms with Gasteiger partial charge in [0.15, 0.2) is 0 Å². The molecule has 1 aliphatic rings. The zero-order valence-corrected chi connectivity index (χ0v) is 12.6. The van der Waals surface area contributed by atoms with E-state index in [0.29, 0.717) is 12.4 Å². The summed E-state index contributed by atoms with van der Waals surface area (Å²) in [5, 5.41) is 21.7. The van der Waals surface area contributed by atoms with Gasteiger partial charge in [-0.2, -0.15) is 9.83 Å². The van der Waals surface area contributed by atoms with Crippen LogP contribution in [0.3, 0.4) is 0 Å². The van der Waals surface area contributed by atoms with E-state index in [1.807, 2.05) is 42.5 Å². The fraction of sp³-hybridized carbons (Fsp3) is 0.278. The number of hydrogen-bond acceptors (Lipinski definition) is 4. The van der Waals surface area contributed by atoms with Gasteiger partial charge < -0.3 is 5.11 Å². The van der Waals surface area contributed by atoms with Crippen LogP contribution in [0.2, 0.25) is 0 Å². The normalized spacial score (nSPS) is 20.0. The van der Waals surface area contributed by atoms with E-state index < -0.39 is 12.1 Å². The molecule has 0 spiro atoms. The van der Waals surface area contributed by atoms with Gasteiger partial charge in [-0.25, -0.2) is 4.79 Å². The molecule has 3 rings (SSSR count). The average Bonchev–Trinajstić information content (AvgIpc) is 2.59. The van der Waals surface area contributed by atoms with Crippen LogP contribution in [-0.4, -0.2) is 12.1 Å². The van der Waals surface area contributed by atoms with E-state index in [2.05, 4.69) is 0 Å². The third-order valence-electron chi connectivity index (χ3n) is 4.10. The van der Waals surface area contributed by atoms with Crippen LogP contribution in [0.4, 0.5) is 5.82 Å². The Balaban J connectivity index is 1.97. The summed E-state index contributed by atoms with van der Waals surface area (Å²) in [4.78, 5) is 14.3. The molecule has 0 fully saturated rings. The number of carbonyl (C=O) groups excluding carboxylic acids is 1. The third-order valence-corrected chi connectivity index (χ3v) is 4.10. The summed E-state index contributed by atoms with van der Waals surface area (Å²) >= 11 is 0. The van der Waals surface area contributed by atoms with Crippen LogP contribution in [0.15, 0.2) is 54.7 Å². The highest BCUT2D eigenvalue weighted by Crippen LogP contribution is 2.25. The van der Waals surface area contributed by atoms with Crippen molar-refractivity contribution in [1.82, 2.24) is 0 Å². The lowest BCUT2D eigenvalue weighted by molar-refractivity contribution is -0.582. The van der Waals surface area contributed by atoms with Crippen molar-refractivity contribution in [3.63, 3.8) is 0 Å². The first-order valence-electron chi connectivity index (χ1n) is 7.60. The molecule has 0 saturated carbocycles. The molecule has 2 aromatic rings. The molecule has 2 unspecified atom stereocenters. The minimum absolute atomic E-state index is 0.205. The Hall–Kier alpha value is -2.71. The van der Waals surface area contributed by atoms with Crippen molar-refractivity contribution < 1.29 is 14.5 Å². The Kier molecular flexibility index (Phi) is 4.35. The Morgan fingerprint density at radius 2 is 1.91 bits per heavy atom. The molecular formula is C18H17N3O2. The van der Waals surface area contributed by atoms with Crippen molar-refractivity contribution in [2.24, 2.45) is 5.92 Å². The van der Waals surface area contributed by atoms with E-state index in [1.165, 1.54) is 4.57 Å². The van der Waals surface area contributed by atoms with Gasteiger partial charge in [0.05, 0.1) is 18.2 Å². The monoisotopic (exact) mass is 307 g/mol. The number of anilines is 1. The van der Waals surface area contributed by atoms with Crippen molar-refractivity contribution >= 4 is 11.7 Å². The summed E-state index contributed by atoms with van der Waals surface area (Å²) in [6, 6.07) is 17.1. The second-order valence-electron chi connectivity index (χ2n) is 5.57. The Morgan fingerprint density at radius 3 is 2.65 bits per heavy atom. The molecule has 1 aliphatic heterocycles. The highest BCUT2D eigenvalue weighted by atomic mass is 16.3. The van der Waals surface area contributed by atoms with E-state index in [1.54, 1.807) is 23.2 Å². The lowest BCUT2D eigenvalue weighted by atomic mass is 9.96. The molecule has 0 N–H and O–H groups in total. The molecule has 0 bridgehead atoms. The second kappa shape index (κ2) is 6.59. The molecule has 5 heteroatoms. The van der Waals surface area contributed by atoms with Crippen LogP contribution in [0, 0.1) is 17.2 Å². The highest BCUT2D eigenvalue weighted by Gasteiger charge is 2.40. The lowest BCUT2D eigenvalue weighted by Gasteiger charge is -2.39. The number of benzene rings is 1. The molecule has 0 amide bonds. The Labute approximate surface area is 135 Å². The summed E-state index contributed by atoms with van der Waals surface area (Å²) in [7, 11) is 0. The van der Waals surface area contributed by atoms with Gasteiger partial charge in [-0.05, 0) is 18.1 Å². The van der Waals surface area contributed by atoms with Crippen LogP contribution < -0.4 is 14.6 Å². The second-order valence-corrected chi connectivity index (χ2v) is 5.57. The maximum Gasteiger partial charge on any atom is 0.320 e. The van der Waals surface area contributed by atoms with Gasteiger partial charge >= 0.3 is 5.91 Å². The Morgan fingerprint density at radius 1 is 1.17 bits per heavy atom. The van der Waals surface area contributed by atoms with Crippen molar-refractivity contribution in [3.05, 3.63) is 60.3 Å². The quantitative estimate of drug-likeness (QED) is 0.797. The zero-order chi connectivity index (χ0) is 16.2. The smallest absolute Gasteiger partial charge is 0.320 e. The number of aromatic nitrogens is 1. The van der Waals surface area contributed by atoms with Crippen LogP contribution in [0.1, 0.15) is 23.2 Å². The van der Waals surface area contributed by atoms with Gasteiger partial charge in [0.2, 0.25) is 0 Å². The number of nitriles is 1. The number of rotatable bonds is 4. The number of pyridine rings is 1. The average molecular weight is 307 g/mol. The molecule has 2 heterocycles. The summed E-state index contributed by atoms with van der Waals surface area (Å²) in [6.07, 6.45) is 0.993. The molecule has 5 nitrogen and oxygen atoms in total. The predicted octanol–water partition coefficient (Wildman–Crippen LogP) is 1.24. The molecular weight excluding hydrogens is 290 g/mol. The molecule has 23 heavy (non-hydrogen) atoms. The molecule has 0 radical (unpaired) electrons. The van der Waals surface area contributed by atoms with Crippen LogP contribution in [-0.2, 0) is 6.54 Å². The molecule has 0 saturated heterocycles. The summed E-state index contributed by atoms with van der Waals surface area (Å²) in [5.74, 6) is -0.326. The van der Waals surface area contributed by atoms with Gasteiger partial charge in [-0.3, -0.25) is 4.90 Å².